The highest BCUT2D eigenvalue weighted by Crippen LogP contribution is 2.49. The van der Waals surface area contributed by atoms with Crippen molar-refractivity contribution in [1.82, 2.24) is 4.48 Å². The maximum Gasteiger partial charge on any atom is 0.311 e. The molecule has 78 valence electrons. The number of carbonyl (C=O) groups excluding carboxylic acids is 1. The predicted octanol–water partition coefficient (Wildman–Crippen LogP) is 2.59. The van der Waals surface area contributed by atoms with E-state index in [9.17, 15) is 4.79 Å². The van der Waals surface area contributed by atoms with Gasteiger partial charge in [0.2, 0.25) is 0 Å². The Hall–Kier alpha value is -1.41. The van der Waals surface area contributed by atoms with Crippen molar-refractivity contribution in [3.63, 3.8) is 0 Å². The number of rotatable bonds is 1. The number of quaternary nitrogens is 1. The lowest BCUT2D eigenvalue weighted by atomic mass is 9.84. The van der Waals surface area contributed by atoms with E-state index >= 15 is 0 Å². The Bertz CT molecular complexity index is 448. The van der Waals surface area contributed by atoms with Crippen LogP contribution >= 0.6 is 0 Å². The van der Waals surface area contributed by atoms with Crippen LogP contribution in [0.4, 0.5) is 5.69 Å². The van der Waals surface area contributed by atoms with Crippen molar-refractivity contribution in [2.45, 2.75) is 19.3 Å². The Balaban J connectivity index is 2.79. The normalized spacial score (nSPS) is 27.5. The van der Waals surface area contributed by atoms with Gasteiger partial charge >= 0.3 is 6.41 Å². The molecule has 1 aromatic carbocycles. The monoisotopic (exact) mass is 202 g/mol. The minimum Gasteiger partial charge on any atom is -0.233 e. The molecule has 2 rings (SSSR count). The first-order chi connectivity index (χ1) is 6.94. The molecule has 0 aromatic heterocycles. The van der Waals surface area contributed by atoms with E-state index in [1.54, 1.807) is 0 Å². The van der Waals surface area contributed by atoms with Crippen molar-refractivity contribution in [3.05, 3.63) is 42.1 Å². The maximum absolute atomic E-state index is 11.3. The zero-order valence-corrected chi connectivity index (χ0v) is 9.45. The van der Waals surface area contributed by atoms with Gasteiger partial charge in [-0.3, -0.25) is 0 Å². The zero-order valence-electron chi connectivity index (χ0n) is 9.45. The van der Waals surface area contributed by atoms with Gasteiger partial charge in [-0.1, -0.05) is 18.2 Å². The van der Waals surface area contributed by atoms with Crippen molar-refractivity contribution in [2.75, 3.05) is 7.05 Å². The summed E-state index contributed by atoms with van der Waals surface area (Å²) in [6, 6.07) is 8.05. The summed E-state index contributed by atoms with van der Waals surface area (Å²) in [5, 5.41) is 0. The highest BCUT2D eigenvalue weighted by Gasteiger charge is 2.50. The summed E-state index contributed by atoms with van der Waals surface area (Å²) >= 11 is 0. The molecule has 0 saturated heterocycles. The molecule has 0 aliphatic carbocycles. The molecule has 1 heterocycles. The molecule has 2 heteroatoms. The van der Waals surface area contributed by atoms with Gasteiger partial charge < -0.3 is 0 Å². The molecule has 1 aliphatic rings. The number of para-hydroxylation sites is 1. The van der Waals surface area contributed by atoms with Crippen LogP contribution in [0.2, 0.25) is 0 Å². The van der Waals surface area contributed by atoms with Crippen molar-refractivity contribution >= 4 is 12.1 Å². The largest absolute Gasteiger partial charge is 0.311 e. The topological polar surface area (TPSA) is 17.1 Å². The Morgan fingerprint density at radius 3 is 2.53 bits per heavy atom. The number of hydrogen-bond donors (Lipinski definition) is 0. The van der Waals surface area contributed by atoms with E-state index in [4.69, 9.17) is 0 Å². The van der Waals surface area contributed by atoms with Gasteiger partial charge in [-0.15, -0.1) is 0 Å². The SMILES string of the molecule is C=C1C(C)(C)c2ccccc2[N+]1(C)C=O. The molecular weight excluding hydrogens is 186 g/mol. The van der Waals surface area contributed by atoms with Crippen LogP contribution in [0.25, 0.3) is 0 Å². The summed E-state index contributed by atoms with van der Waals surface area (Å²) in [5.41, 5.74) is 3.04. The minimum absolute atomic E-state index is 0.133. The van der Waals surface area contributed by atoms with E-state index in [2.05, 4.69) is 26.5 Å². The Morgan fingerprint density at radius 1 is 1.33 bits per heavy atom. The molecule has 15 heavy (non-hydrogen) atoms. The molecular formula is C13H16NO+. The van der Waals surface area contributed by atoms with Crippen LogP contribution in [0.5, 0.6) is 0 Å². The van der Waals surface area contributed by atoms with Gasteiger partial charge in [-0.2, -0.15) is 0 Å². The number of nitrogens with zero attached hydrogens (tertiary/aromatic N) is 1. The van der Waals surface area contributed by atoms with Gasteiger partial charge in [-0.25, -0.2) is 9.28 Å². The van der Waals surface area contributed by atoms with Crippen LogP contribution in [0.15, 0.2) is 36.5 Å². The number of carbonyl (C=O) groups is 1. The van der Waals surface area contributed by atoms with Gasteiger partial charge in [0.1, 0.15) is 11.4 Å². The molecule has 1 aliphatic heterocycles. The summed E-state index contributed by atoms with van der Waals surface area (Å²) in [6.45, 7) is 8.31. The first-order valence-electron chi connectivity index (χ1n) is 5.07. The second-order valence-electron chi connectivity index (χ2n) is 4.77. The van der Waals surface area contributed by atoms with Gasteiger partial charge in [0.05, 0.1) is 12.5 Å². The van der Waals surface area contributed by atoms with Gasteiger partial charge in [-0.05, 0) is 20.4 Å². The predicted molar refractivity (Wildman–Crippen MR) is 62.4 cm³/mol. The number of allylic oxidation sites excluding steroid dienone is 1. The zero-order chi connectivity index (χ0) is 11.3. The third kappa shape index (κ3) is 1.05. The third-order valence-corrected chi connectivity index (χ3v) is 3.57. The second kappa shape index (κ2) is 2.80. The number of benzene rings is 1. The van der Waals surface area contributed by atoms with Crippen LogP contribution < -0.4 is 4.48 Å². The summed E-state index contributed by atoms with van der Waals surface area (Å²) in [6.07, 6.45) is 0.954. The molecule has 0 spiro atoms. The average Bonchev–Trinajstić information content (AvgIpc) is 2.40. The van der Waals surface area contributed by atoms with Crippen LogP contribution in [0.1, 0.15) is 19.4 Å². The maximum atomic E-state index is 11.3. The van der Waals surface area contributed by atoms with Crippen LogP contribution in [0.3, 0.4) is 0 Å². The average molecular weight is 202 g/mol. The smallest absolute Gasteiger partial charge is 0.233 e. The number of hydrogen-bond acceptors (Lipinski definition) is 1. The van der Waals surface area contributed by atoms with Gasteiger partial charge in [0, 0.05) is 11.6 Å². The fraction of sp³-hybridized carbons (Fsp3) is 0.308. The lowest BCUT2D eigenvalue weighted by molar-refractivity contribution is -0.115. The van der Waals surface area contributed by atoms with E-state index in [1.807, 2.05) is 25.2 Å². The van der Waals surface area contributed by atoms with Gasteiger partial charge in [0.25, 0.3) is 0 Å². The summed E-state index contributed by atoms with van der Waals surface area (Å²) in [5.74, 6) is 0. The summed E-state index contributed by atoms with van der Waals surface area (Å²) < 4.78 is 0.198. The Labute approximate surface area is 90.4 Å². The molecule has 2 nitrogen and oxygen atoms in total. The molecule has 1 unspecified atom stereocenters. The third-order valence-electron chi connectivity index (χ3n) is 3.57. The van der Waals surface area contributed by atoms with Crippen molar-refractivity contribution in [1.29, 1.82) is 0 Å². The van der Waals surface area contributed by atoms with Gasteiger partial charge in [0.15, 0.2) is 0 Å². The molecule has 1 aromatic rings. The summed E-state index contributed by atoms with van der Waals surface area (Å²) in [4.78, 5) is 11.3. The highest BCUT2D eigenvalue weighted by atomic mass is 16.1. The van der Waals surface area contributed by atoms with Crippen LogP contribution in [-0.4, -0.2) is 13.5 Å². The van der Waals surface area contributed by atoms with Crippen molar-refractivity contribution in [2.24, 2.45) is 0 Å². The van der Waals surface area contributed by atoms with E-state index in [1.165, 1.54) is 5.56 Å². The molecule has 0 radical (unpaired) electrons. The fourth-order valence-corrected chi connectivity index (χ4v) is 2.41. The number of amides is 1. The standard InChI is InChI=1S/C13H16NO/c1-10-13(2,3)11-7-5-6-8-12(11)14(10,4)9-15/h5-9H,1H2,2-4H3/q+1. The molecule has 1 amide bonds. The molecule has 0 fully saturated rings. The van der Waals surface area contributed by atoms with E-state index in [0.29, 0.717) is 0 Å². The number of likely N-dealkylation sites (N-methyl/N-ethyl adjacent to an activating group) is 1. The summed E-state index contributed by atoms with van der Waals surface area (Å²) in [7, 11) is 1.89. The highest BCUT2D eigenvalue weighted by molar-refractivity contribution is 5.81. The van der Waals surface area contributed by atoms with E-state index < -0.39 is 0 Å². The van der Waals surface area contributed by atoms with Crippen LogP contribution in [0, 0.1) is 0 Å². The molecule has 0 N–H and O–H groups in total. The molecule has 0 bridgehead atoms. The van der Waals surface area contributed by atoms with E-state index in [0.717, 1.165) is 17.8 Å². The lowest BCUT2D eigenvalue weighted by Gasteiger charge is -2.25. The van der Waals surface area contributed by atoms with E-state index in [-0.39, 0.29) is 9.90 Å². The quantitative estimate of drug-likeness (QED) is 0.505. The first kappa shape index (κ1) is 10.1. The molecule has 0 saturated carbocycles. The molecule has 1 atom stereocenters. The van der Waals surface area contributed by atoms with Crippen molar-refractivity contribution < 1.29 is 4.79 Å². The Kier molecular flexibility index (Phi) is 1.89. The fourth-order valence-electron chi connectivity index (χ4n) is 2.41. The first-order valence-corrected chi connectivity index (χ1v) is 5.07. The second-order valence-corrected chi connectivity index (χ2v) is 4.77. The lowest BCUT2D eigenvalue weighted by Crippen LogP contribution is -2.42. The Morgan fingerprint density at radius 2 is 1.93 bits per heavy atom. The minimum atomic E-state index is -0.133. The van der Waals surface area contributed by atoms with Crippen LogP contribution in [-0.2, 0) is 10.2 Å². The number of fused-ring (bicyclic) bond motifs is 1. The van der Waals surface area contributed by atoms with Crippen molar-refractivity contribution in [3.8, 4) is 0 Å².